The summed E-state index contributed by atoms with van der Waals surface area (Å²) in [5.41, 5.74) is 0. The first-order chi connectivity index (χ1) is 9.17. The molecule has 0 aromatic heterocycles. The Labute approximate surface area is 145 Å². The van der Waals surface area contributed by atoms with Gasteiger partial charge in [0.15, 0.2) is 5.96 Å². The third-order valence-electron chi connectivity index (χ3n) is 3.43. The molecule has 1 rings (SSSR count). The van der Waals surface area contributed by atoms with Crippen molar-refractivity contribution in [2.24, 2.45) is 10.9 Å². The first kappa shape index (κ1) is 20.3. The van der Waals surface area contributed by atoms with Crippen LogP contribution in [0.4, 0.5) is 0 Å². The van der Waals surface area contributed by atoms with Gasteiger partial charge in [-0.05, 0) is 31.6 Å². The van der Waals surface area contributed by atoms with Crippen molar-refractivity contribution in [2.75, 3.05) is 45.2 Å². The lowest BCUT2D eigenvalue weighted by Gasteiger charge is -2.27. The number of aliphatic imine (C=N–C) groups is 1. The molecule has 20 heavy (non-hydrogen) atoms. The highest BCUT2D eigenvalue weighted by Crippen LogP contribution is 2.17. The SMILES string of the molecule is CN=C(NCCSC)NC[C@H]1CCCN1CC(C)C.I. The summed E-state index contributed by atoms with van der Waals surface area (Å²) in [6.45, 7) is 9.04. The minimum atomic E-state index is 0. The third-order valence-corrected chi connectivity index (χ3v) is 4.04. The minimum Gasteiger partial charge on any atom is -0.356 e. The Balaban J connectivity index is 0.00000361. The summed E-state index contributed by atoms with van der Waals surface area (Å²) in [5, 5.41) is 6.81. The van der Waals surface area contributed by atoms with Gasteiger partial charge in [0, 0.05) is 38.5 Å². The van der Waals surface area contributed by atoms with Gasteiger partial charge in [0.2, 0.25) is 0 Å². The molecular formula is C14H31IN4S. The van der Waals surface area contributed by atoms with Crippen molar-refractivity contribution in [1.29, 1.82) is 0 Å². The molecule has 0 bridgehead atoms. The molecular weight excluding hydrogens is 383 g/mol. The van der Waals surface area contributed by atoms with E-state index >= 15 is 0 Å². The average molecular weight is 414 g/mol. The number of nitrogens with one attached hydrogen (secondary N) is 2. The molecule has 2 N–H and O–H groups in total. The van der Waals surface area contributed by atoms with E-state index in [0.29, 0.717) is 6.04 Å². The second kappa shape index (κ2) is 11.9. The standard InChI is InChI=1S/C14H30N4S.HI/c1-12(2)11-18-8-5-6-13(18)10-17-14(15-3)16-7-9-19-4;/h12-13H,5-11H2,1-4H3,(H2,15,16,17);1H/t13-;/m1./s1. The Morgan fingerprint density at radius 2 is 2.15 bits per heavy atom. The van der Waals surface area contributed by atoms with Crippen LogP contribution < -0.4 is 10.6 Å². The largest absolute Gasteiger partial charge is 0.356 e. The Morgan fingerprint density at radius 3 is 2.75 bits per heavy atom. The Hall–Kier alpha value is 0.310. The molecule has 0 aromatic rings. The molecule has 1 aliphatic heterocycles. The molecule has 0 aromatic carbocycles. The number of hydrogen-bond acceptors (Lipinski definition) is 3. The number of hydrogen-bond donors (Lipinski definition) is 2. The molecule has 1 atom stereocenters. The number of thioether (sulfide) groups is 1. The number of rotatable bonds is 7. The number of halogens is 1. The van der Waals surface area contributed by atoms with Crippen LogP contribution in [-0.2, 0) is 0 Å². The van der Waals surface area contributed by atoms with Crippen LogP contribution in [0.15, 0.2) is 4.99 Å². The molecule has 0 amide bonds. The van der Waals surface area contributed by atoms with E-state index in [1.807, 2.05) is 18.8 Å². The Bertz CT molecular complexity index is 274. The number of nitrogens with zero attached hydrogens (tertiary/aromatic N) is 2. The Morgan fingerprint density at radius 1 is 1.40 bits per heavy atom. The molecule has 0 radical (unpaired) electrons. The van der Waals surface area contributed by atoms with Gasteiger partial charge in [-0.3, -0.25) is 9.89 Å². The fraction of sp³-hybridized carbons (Fsp3) is 0.929. The van der Waals surface area contributed by atoms with Crippen molar-refractivity contribution in [1.82, 2.24) is 15.5 Å². The summed E-state index contributed by atoms with van der Waals surface area (Å²) < 4.78 is 0. The predicted octanol–water partition coefficient (Wildman–Crippen LogP) is 2.25. The zero-order valence-electron chi connectivity index (χ0n) is 13.3. The summed E-state index contributed by atoms with van der Waals surface area (Å²) in [6, 6.07) is 0.668. The van der Waals surface area contributed by atoms with Crippen LogP contribution in [0.1, 0.15) is 26.7 Å². The van der Waals surface area contributed by atoms with E-state index in [2.05, 4.69) is 40.6 Å². The molecule has 4 nitrogen and oxygen atoms in total. The fourth-order valence-electron chi connectivity index (χ4n) is 2.54. The zero-order chi connectivity index (χ0) is 14.1. The Kier molecular flexibility index (Phi) is 12.1. The van der Waals surface area contributed by atoms with Crippen molar-refractivity contribution in [3.8, 4) is 0 Å². The summed E-state index contributed by atoms with van der Waals surface area (Å²) in [5.74, 6) is 2.80. The first-order valence-electron chi connectivity index (χ1n) is 7.34. The van der Waals surface area contributed by atoms with Crippen molar-refractivity contribution < 1.29 is 0 Å². The molecule has 1 aliphatic rings. The fourth-order valence-corrected chi connectivity index (χ4v) is 2.85. The van der Waals surface area contributed by atoms with Crippen LogP contribution in [0.25, 0.3) is 0 Å². The number of likely N-dealkylation sites (tertiary alicyclic amines) is 1. The van der Waals surface area contributed by atoms with Gasteiger partial charge in [-0.15, -0.1) is 24.0 Å². The van der Waals surface area contributed by atoms with Crippen LogP contribution in [-0.4, -0.2) is 62.1 Å². The topological polar surface area (TPSA) is 39.7 Å². The van der Waals surface area contributed by atoms with Crippen molar-refractivity contribution >= 4 is 41.7 Å². The second-order valence-corrected chi connectivity index (χ2v) is 6.54. The molecule has 6 heteroatoms. The lowest BCUT2D eigenvalue weighted by molar-refractivity contribution is 0.226. The molecule has 0 aliphatic carbocycles. The van der Waals surface area contributed by atoms with E-state index in [0.717, 1.165) is 30.7 Å². The highest BCUT2D eigenvalue weighted by Gasteiger charge is 2.24. The van der Waals surface area contributed by atoms with E-state index in [1.165, 1.54) is 25.9 Å². The molecule has 1 heterocycles. The van der Waals surface area contributed by atoms with Gasteiger partial charge in [0.25, 0.3) is 0 Å². The molecule has 0 spiro atoms. The van der Waals surface area contributed by atoms with E-state index in [4.69, 9.17) is 0 Å². The van der Waals surface area contributed by atoms with Crippen LogP contribution in [0, 0.1) is 5.92 Å². The maximum atomic E-state index is 4.27. The normalized spacial score (nSPS) is 20.1. The van der Waals surface area contributed by atoms with Crippen molar-refractivity contribution in [3.63, 3.8) is 0 Å². The van der Waals surface area contributed by atoms with Gasteiger partial charge < -0.3 is 10.6 Å². The smallest absolute Gasteiger partial charge is 0.191 e. The third kappa shape index (κ3) is 7.93. The molecule has 1 fully saturated rings. The first-order valence-corrected chi connectivity index (χ1v) is 8.74. The van der Waals surface area contributed by atoms with Crippen LogP contribution in [0.3, 0.4) is 0 Å². The van der Waals surface area contributed by atoms with Crippen LogP contribution in [0.5, 0.6) is 0 Å². The van der Waals surface area contributed by atoms with Gasteiger partial charge in [-0.2, -0.15) is 11.8 Å². The van der Waals surface area contributed by atoms with E-state index in [1.54, 1.807) is 0 Å². The van der Waals surface area contributed by atoms with E-state index in [-0.39, 0.29) is 24.0 Å². The summed E-state index contributed by atoms with van der Waals surface area (Å²) in [7, 11) is 1.84. The van der Waals surface area contributed by atoms with Gasteiger partial charge >= 0.3 is 0 Å². The van der Waals surface area contributed by atoms with E-state index < -0.39 is 0 Å². The highest BCUT2D eigenvalue weighted by molar-refractivity contribution is 14.0. The summed E-state index contributed by atoms with van der Waals surface area (Å²) in [6.07, 6.45) is 4.76. The predicted molar refractivity (Wildman–Crippen MR) is 103 cm³/mol. The van der Waals surface area contributed by atoms with Gasteiger partial charge in [0.05, 0.1) is 0 Å². The van der Waals surface area contributed by atoms with Gasteiger partial charge in [0.1, 0.15) is 0 Å². The monoisotopic (exact) mass is 414 g/mol. The van der Waals surface area contributed by atoms with Crippen molar-refractivity contribution in [3.05, 3.63) is 0 Å². The minimum absolute atomic E-state index is 0. The maximum absolute atomic E-state index is 4.27. The summed E-state index contributed by atoms with van der Waals surface area (Å²) in [4.78, 5) is 6.89. The quantitative estimate of drug-likeness (QED) is 0.290. The molecule has 1 saturated heterocycles. The lowest BCUT2D eigenvalue weighted by atomic mass is 10.1. The van der Waals surface area contributed by atoms with Crippen molar-refractivity contribution in [2.45, 2.75) is 32.7 Å². The van der Waals surface area contributed by atoms with Gasteiger partial charge in [-0.25, -0.2) is 0 Å². The molecule has 0 unspecified atom stereocenters. The summed E-state index contributed by atoms with van der Waals surface area (Å²) >= 11 is 1.85. The highest BCUT2D eigenvalue weighted by atomic mass is 127. The zero-order valence-corrected chi connectivity index (χ0v) is 16.5. The molecule has 120 valence electrons. The lowest BCUT2D eigenvalue weighted by Crippen LogP contribution is -2.46. The van der Waals surface area contributed by atoms with Gasteiger partial charge in [-0.1, -0.05) is 13.8 Å². The van der Waals surface area contributed by atoms with Crippen LogP contribution >= 0.6 is 35.7 Å². The van der Waals surface area contributed by atoms with E-state index in [9.17, 15) is 0 Å². The number of guanidine groups is 1. The second-order valence-electron chi connectivity index (χ2n) is 5.56. The van der Waals surface area contributed by atoms with Crippen LogP contribution in [0.2, 0.25) is 0 Å². The molecule has 0 saturated carbocycles. The average Bonchev–Trinajstić information content (AvgIpc) is 2.80. The maximum Gasteiger partial charge on any atom is 0.191 e.